The highest BCUT2D eigenvalue weighted by atomic mass is 16.8. The topological polar surface area (TPSA) is 432 Å². The SMILES string of the molecule is C=CCO[C@@H]1O[C@H](CO)[C@@H](O[C@@H]2O[C@H](CO)[C@H](O[C@@H]3O[C@H](CO)[C@H](O)[C@H](O)[C@]3(O)NC(C)=O)[C@H](O[C@]3(C(=O)O)C[C@H](O)[C@@H](NC(C)=O)[C@H]([C@H](O)[C@H](O)CO)O3)[C@H]2O)[C@H](O)[C@H]1O. The van der Waals surface area contributed by atoms with E-state index in [0.29, 0.717) is 0 Å². The molecule has 0 spiro atoms. The predicted molar refractivity (Wildman–Crippen MR) is 189 cm³/mol. The molecule has 0 aromatic rings. The van der Waals surface area contributed by atoms with Crippen molar-refractivity contribution in [3.05, 3.63) is 12.7 Å². The molecule has 4 aliphatic rings. The van der Waals surface area contributed by atoms with Gasteiger partial charge in [-0.25, -0.2) is 4.79 Å². The van der Waals surface area contributed by atoms with Crippen LogP contribution in [-0.2, 0) is 52.3 Å². The summed E-state index contributed by atoms with van der Waals surface area (Å²) in [4.78, 5) is 37.5. The normalized spacial score (nSPS) is 44.1. The number of hydrogen-bond donors (Lipinski definition) is 16. The lowest BCUT2D eigenvalue weighted by atomic mass is 9.88. The van der Waals surface area contributed by atoms with Crippen LogP contribution in [0, 0.1) is 0 Å². The molecule has 61 heavy (non-hydrogen) atoms. The summed E-state index contributed by atoms with van der Waals surface area (Å²) in [5.41, 5.74) is -3.14. The van der Waals surface area contributed by atoms with Crippen LogP contribution in [0.1, 0.15) is 20.3 Å². The minimum atomic E-state index is -3.29. The molecule has 352 valence electrons. The van der Waals surface area contributed by atoms with Crippen molar-refractivity contribution < 1.29 is 124 Å². The molecule has 0 unspecified atom stereocenters. The van der Waals surface area contributed by atoms with E-state index in [4.69, 9.17) is 37.9 Å². The van der Waals surface area contributed by atoms with E-state index in [-0.39, 0.29) is 6.61 Å². The third-order valence-electron chi connectivity index (χ3n) is 10.4. The molecule has 4 saturated heterocycles. The number of hydrogen-bond acceptors (Lipinski definition) is 24. The third kappa shape index (κ3) is 10.8. The van der Waals surface area contributed by atoms with Gasteiger partial charge in [0, 0.05) is 20.3 Å². The molecule has 4 fully saturated rings. The molecule has 2 amide bonds. The molecule has 0 aromatic heterocycles. The molecule has 16 N–H and O–H groups in total. The Hall–Kier alpha value is -2.69. The Morgan fingerprint density at radius 2 is 1.41 bits per heavy atom. The Morgan fingerprint density at radius 1 is 0.803 bits per heavy atom. The van der Waals surface area contributed by atoms with E-state index in [1.165, 1.54) is 6.08 Å². The van der Waals surface area contributed by atoms with Crippen molar-refractivity contribution in [2.45, 2.75) is 148 Å². The number of carboxylic acids is 1. The first-order valence-electron chi connectivity index (χ1n) is 18.9. The first-order valence-corrected chi connectivity index (χ1v) is 18.9. The molecule has 4 rings (SSSR count). The second-order valence-corrected chi connectivity index (χ2v) is 14.8. The molecule has 27 nitrogen and oxygen atoms in total. The Kier molecular flexibility index (Phi) is 17.8. The molecular formula is C34H56N2O25. The fraction of sp³-hybridized carbons (Fsp3) is 0.853. The van der Waals surface area contributed by atoms with E-state index in [2.05, 4.69) is 11.9 Å². The molecule has 4 aliphatic heterocycles. The Balaban J connectivity index is 1.84. The number of aliphatic hydroxyl groups is 13. The second kappa shape index (κ2) is 21.3. The molecule has 27 heteroatoms. The summed E-state index contributed by atoms with van der Waals surface area (Å²) in [6.07, 6.45) is -37.2. The third-order valence-corrected chi connectivity index (χ3v) is 10.4. The highest BCUT2D eigenvalue weighted by Crippen LogP contribution is 2.41. The molecule has 0 aliphatic carbocycles. The number of carboxylic acid groups (broad SMARTS) is 1. The minimum absolute atomic E-state index is 0.178. The van der Waals surface area contributed by atoms with Crippen LogP contribution in [0.5, 0.6) is 0 Å². The number of ether oxygens (including phenoxy) is 8. The number of amides is 2. The first-order chi connectivity index (χ1) is 28.6. The van der Waals surface area contributed by atoms with Gasteiger partial charge in [-0.2, -0.15) is 0 Å². The standard InChI is InChI=1S/C34H56N2O25/c1-4-5-54-29-22(48)21(47)24(16(9-39)55-29)58-30-23(49)27(61-33(31(51)52)6-13(43)18(35-11(2)41)26(60-33)19(45)14(44)7-37)25(17(10-40)56-30)59-32-34(53,36-12(3)42)28(50)20(46)15(8-38)57-32/h4,13-30,32,37-40,43-50,53H,1,5-10H2,2-3H3,(H,35,41)(H,36,42)(H,51,52)/t13-,14+,15+,16+,17+,18+,19+,20-,21+,22+,23+,24+,25-,26+,27+,28-,29+,30-,32-,33-,34+/m0/s1. The van der Waals surface area contributed by atoms with Crippen molar-refractivity contribution in [1.82, 2.24) is 10.6 Å². The van der Waals surface area contributed by atoms with E-state index in [9.17, 15) is 85.9 Å². The predicted octanol–water partition coefficient (Wildman–Crippen LogP) is -9.73. The molecule has 0 aromatic carbocycles. The van der Waals surface area contributed by atoms with Crippen molar-refractivity contribution in [1.29, 1.82) is 0 Å². The van der Waals surface area contributed by atoms with E-state index in [1.807, 2.05) is 5.32 Å². The lowest BCUT2D eigenvalue weighted by Crippen LogP contribution is -2.75. The molecule has 21 atom stereocenters. The van der Waals surface area contributed by atoms with Gasteiger partial charge in [-0.1, -0.05) is 6.08 Å². The van der Waals surface area contributed by atoms with Gasteiger partial charge < -0.3 is 120 Å². The van der Waals surface area contributed by atoms with Gasteiger partial charge in [-0.05, 0) is 0 Å². The summed E-state index contributed by atoms with van der Waals surface area (Å²) in [5, 5.41) is 154. The van der Waals surface area contributed by atoms with Gasteiger partial charge in [0.25, 0.3) is 5.79 Å². The Bertz CT molecular complexity index is 1480. The zero-order valence-electron chi connectivity index (χ0n) is 32.7. The van der Waals surface area contributed by atoms with Crippen molar-refractivity contribution in [2.75, 3.05) is 33.0 Å². The maximum absolute atomic E-state index is 13.2. The number of carbonyl (C=O) groups excluding carboxylic acids is 2. The zero-order chi connectivity index (χ0) is 45.7. The van der Waals surface area contributed by atoms with Crippen molar-refractivity contribution >= 4 is 17.8 Å². The lowest BCUT2D eigenvalue weighted by Gasteiger charge is -2.53. The van der Waals surface area contributed by atoms with Crippen LogP contribution in [-0.4, -0.2) is 250 Å². The summed E-state index contributed by atoms with van der Waals surface area (Å²) in [7, 11) is 0. The van der Waals surface area contributed by atoms with E-state index >= 15 is 0 Å². The molecule has 0 bridgehead atoms. The quantitative estimate of drug-likeness (QED) is 0.0449. The summed E-state index contributed by atoms with van der Waals surface area (Å²) < 4.78 is 45.4. The maximum atomic E-state index is 13.2. The van der Waals surface area contributed by atoms with Crippen molar-refractivity contribution in [2.24, 2.45) is 0 Å². The van der Waals surface area contributed by atoms with Gasteiger partial charge >= 0.3 is 5.97 Å². The average Bonchev–Trinajstić information content (AvgIpc) is 3.21. The van der Waals surface area contributed by atoms with Crippen LogP contribution < -0.4 is 10.6 Å². The van der Waals surface area contributed by atoms with Gasteiger partial charge in [-0.3, -0.25) is 9.59 Å². The van der Waals surface area contributed by atoms with Gasteiger partial charge in [0.15, 0.2) is 12.6 Å². The van der Waals surface area contributed by atoms with E-state index < -0.39 is 179 Å². The number of aliphatic carboxylic acids is 1. The number of carbonyl (C=O) groups is 3. The van der Waals surface area contributed by atoms with Crippen LogP contribution >= 0.6 is 0 Å². The fourth-order valence-electron chi connectivity index (χ4n) is 7.39. The summed E-state index contributed by atoms with van der Waals surface area (Å²) in [5.74, 6) is -7.30. The van der Waals surface area contributed by atoms with Gasteiger partial charge in [0.1, 0.15) is 85.5 Å². The summed E-state index contributed by atoms with van der Waals surface area (Å²) >= 11 is 0. The van der Waals surface area contributed by atoms with Crippen LogP contribution in [0.4, 0.5) is 0 Å². The largest absolute Gasteiger partial charge is 0.477 e. The Morgan fingerprint density at radius 3 is 1.95 bits per heavy atom. The molecule has 0 radical (unpaired) electrons. The van der Waals surface area contributed by atoms with Gasteiger partial charge in [0.2, 0.25) is 23.8 Å². The van der Waals surface area contributed by atoms with E-state index in [1.54, 1.807) is 0 Å². The fourth-order valence-corrected chi connectivity index (χ4v) is 7.39. The van der Waals surface area contributed by atoms with Crippen LogP contribution in [0.15, 0.2) is 12.7 Å². The smallest absolute Gasteiger partial charge is 0.364 e. The van der Waals surface area contributed by atoms with Crippen LogP contribution in [0.2, 0.25) is 0 Å². The van der Waals surface area contributed by atoms with Crippen LogP contribution in [0.3, 0.4) is 0 Å². The maximum Gasteiger partial charge on any atom is 0.364 e. The highest BCUT2D eigenvalue weighted by molar-refractivity contribution is 5.76. The number of nitrogens with one attached hydrogen (secondary N) is 2. The molecule has 0 saturated carbocycles. The Labute approximate surface area is 346 Å². The summed E-state index contributed by atoms with van der Waals surface area (Å²) in [6, 6.07) is -1.70. The van der Waals surface area contributed by atoms with Crippen molar-refractivity contribution in [3.8, 4) is 0 Å². The zero-order valence-corrected chi connectivity index (χ0v) is 32.7. The number of aliphatic hydroxyl groups excluding tert-OH is 12. The molecular weight excluding hydrogens is 836 g/mol. The van der Waals surface area contributed by atoms with Crippen molar-refractivity contribution in [3.63, 3.8) is 0 Å². The summed E-state index contributed by atoms with van der Waals surface area (Å²) in [6.45, 7) is 0.812. The van der Waals surface area contributed by atoms with E-state index in [0.717, 1.165) is 13.8 Å². The highest BCUT2D eigenvalue weighted by Gasteiger charge is 2.63. The second-order valence-electron chi connectivity index (χ2n) is 14.8. The van der Waals surface area contributed by atoms with Gasteiger partial charge in [0.05, 0.1) is 45.2 Å². The van der Waals surface area contributed by atoms with Crippen LogP contribution in [0.25, 0.3) is 0 Å². The minimum Gasteiger partial charge on any atom is -0.477 e. The van der Waals surface area contributed by atoms with Gasteiger partial charge in [-0.15, -0.1) is 6.58 Å². The number of rotatable bonds is 18. The molecule has 4 heterocycles. The first kappa shape index (κ1) is 50.9. The monoisotopic (exact) mass is 892 g/mol. The average molecular weight is 893 g/mol. The lowest BCUT2D eigenvalue weighted by molar-refractivity contribution is -0.414.